The second-order valence-electron chi connectivity index (χ2n) is 5.57. The Bertz CT molecular complexity index is 481. The van der Waals surface area contributed by atoms with Crippen LogP contribution < -0.4 is 5.32 Å². The third kappa shape index (κ3) is 5.97. The average Bonchev–Trinajstić information content (AvgIpc) is 2.79. The first-order valence-corrected chi connectivity index (χ1v) is 7.45. The monoisotopic (exact) mass is 295 g/mol. The number of aryl methyl sites for hydroxylation is 1. The number of amides is 1. The number of carbonyl (C=O) groups excluding carboxylic acids is 1. The van der Waals surface area contributed by atoms with Crippen LogP contribution in [-0.4, -0.2) is 33.3 Å². The zero-order valence-electron chi connectivity index (χ0n) is 13.1. The highest BCUT2D eigenvalue weighted by atomic mass is 16.4. The lowest BCUT2D eigenvalue weighted by molar-refractivity contribution is -0.137. The number of carboxylic acid groups (broad SMARTS) is 1. The first-order chi connectivity index (χ1) is 9.91. The van der Waals surface area contributed by atoms with E-state index in [-0.39, 0.29) is 18.2 Å². The molecule has 21 heavy (non-hydrogen) atoms. The summed E-state index contributed by atoms with van der Waals surface area (Å²) in [4.78, 5) is 22.5. The fraction of sp³-hybridized carbons (Fsp3) is 0.667. The largest absolute Gasteiger partial charge is 0.481 e. The lowest BCUT2D eigenvalue weighted by atomic mass is 10.1. The summed E-state index contributed by atoms with van der Waals surface area (Å²) in [5.41, 5.74) is 1.45. The number of nitrogens with zero attached hydrogens (tertiary/aromatic N) is 2. The van der Waals surface area contributed by atoms with E-state index in [9.17, 15) is 9.59 Å². The number of unbranched alkanes of at least 4 members (excludes halogenated alkanes) is 3. The topological polar surface area (TPSA) is 84.2 Å². The maximum atomic E-state index is 12.1. The summed E-state index contributed by atoms with van der Waals surface area (Å²) in [5, 5.41) is 15.7. The molecule has 1 amide bonds. The van der Waals surface area contributed by atoms with Gasteiger partial charge in [0.25, 0.3) is 5.91 Å². The molecule has 118 valence electrons. The molecule has 0 saturated carbocycles. The summed E-state index contributed by atoms with van der Waals surface area (Å²) in [7, 11) is 1.81. The highest BCUT2D eigenvalue weighted by Gasteiger charge is 2.17. The molecule has 0 radical (unpaired) electrons. The van der Waals surface area contributed by atoms with E-state index in [2.05, 4.69) is 10.4 Å². The minimum atomic E-state index is -0.749. The molecule has 1 aromatic rings. The van der Waals surface area contributed by atoms with Crippen LogP contribution in [0.1, 0.15) is 67.9 Å². The number of rotatable bonds is 9. The van der Waals surface area contributed by atoms with E-state index < -0.39 is 5.97 Å². The van der Waals surface area contributed by atoms with E-state index >= 15 is 0 Å². The Kier molecular flexibility index (Phi) is 6.91. The number of hydrogen-bond acceptors (Lipinski definition) is 3. The molecule has 0 aliphatic heterocycles. The van der Waals surface area contributed by atoms with Crippen molar-refractivity contribution in [1.82, 2.24) is 15.1 Å². The van der Waals surface area contributed by atoms with E-state index in [1.165, 1.54) is 0 Å². The van der Waals surface area contributed by atoms with Crippen molar-refractivity contribution in [2.24, 2.45) is 7.05 Å². The molecule has 1 aromatic heterocycles. The zero-order valence-corrected chi connectivity index (χ0v) is 13.1. The third-order valence-electron chi connectivity index (χ3n) is 3.25. The van der Waals surface area contributed by atoms with Gasteiger partial charge in [0.2, 0.25) is 0 Å². The molecule has 0 unspecified atom stereocenters. The first kappa shape index (κ1) is 17.2. The smallest absolute Gasteiger partial charge is 0.303 e. The Morgan fingerprint density at radius 3 is 2.57 bits per heavy atom. The summed E-state index contributed by atoms with van der Waals surface area (Å²) >= 11 is 0. The van der Waals surface area contributed by atoms with Crippen LogP contribution in [0.25, 0.3) is 0 Å². The van der Waals surface area contributed by atoms with Crippen molar-refractivity contribution in [3.8, 4) is 0 Å². The van der Waals surface area contributed by atoms with Crippen LogP contribution in [-0.2, 0) is 11.8 Å². The number of aromatic nitrogens is 2. The molecule has 2 N–H and O–H groups in total. The lowest BCUT2D eigenvalue weighted by Gasteiger charge is -2.06. The summed E-state index contributed by atoms with van der Waals surface area (Å²) in [6.45, 7) is 4.64. The Balaban J connectivity index is 2.30. The number of nitrogens with one attached hydrogen (secondary N) is 1. The summed E-state index contributed by atoms with van der Waals surface area (Å²) in [6.07, 6.45) is 5.34. The number of aliphatic carboxylic acids is 1. The maximum absolute atomic E-state index is 12.1. The fourth-order valence-electron chi connectivity index (χ4n) is 2.16. The van der Waals surface area contributed by atoms with Crippen molar-refractivity contribution in [2.75, 3.05) is 6.54 Å². The molecule has 0 aliphatic rings. The fourth-order valence-corrected chi connectivity index (χ4v) is 2.16. The quantitative estimate of drug-likeness (QED) is 0.685. The summed E-state index contributed by atoms with van der Waals surface area (Å²) in [6, 6.07) is 0. The van der Waals surface area contributed by atoms with Crippen LogP contribution in [0.4, 0.5) is 0 Å². The van der Waals surface area contributed by atoms with E-state index in [0.29, 0.717) is 18.5 Å². The van der Waals surface area contributed by atoms with Crippen molar-refractivity contribution < 1.29 is 14.7 Å². The van der Waals surface area contributed by atoms with Crippen LogP contribution in [0.15, 0.2) is 6.20 Å². The number of carboxylic acids is 1. The molecule has 1 rings (SSSR count). The summed E-state index contributed by atoms with van der Waals surface area (Å²) < 4.78 is 1.66. The van der Waals surface area contributed by atoms with Gasteiger partial charge in [0.15, 0.2) is 0 Å². The average molecular weight is 295 g/mol. The van der Waals surface area contributed by atoms with Crippen LogP contribution in [0.5, 0.6) is 0 Å². The third-order valence-corrected chi connectivity index (χ3v) is 3.25. The SMILES string of the molecule is CC(C)c1nn(C)cc1C(=O)NCCCCCCC(=O)O. The predicted molar refractivity (Wildman–Crippen MR) is 80.4 cm³/mol. The first-order valence-electron chi connectivity index (χ1n) is 7.45. The Hall–Kier alpha value is -1.85. The highest BCUT2D eigenvalue weighted by molar-refractivity contribution is 5.95. The maximum Gasteiger partial charge on any atom is 0.303 e. The molecule has 0 atom stereocenters. The molecule has 1 heterocycles. The molecule has 0 saturated heterocycles. The van der Waals surface area contributed by atoms with Gasteiger partial charge < -0.3 is 10.4 Å². The van der Waals surface area contributed by atoms with E-state index in [1.807, 2.05) is 20.9 Å². The van der Waals surface area contributed by atoms with Crippen molar-refractivity contribution in [1.29, 1.82) is 0 Å². The molecule has 0 aromatic carbocycles. The van der Waals surface area contributed by atoms with Gasteiger partial charge in [0.05, 0.1) is 11.3 Å². The normalized spacial score (nSPS) is 10.9. The van der Waals surface area contributed by atoms with E-state index in [1.54, 1.807) is 10.9 Å². The summed E-state index contributed by atoms with van der Waals surface area (Å²) in [5.74, 6) is -0.624. The molecule has 0 fully saturated rings. The molecule has 0 aliphatic carbocycles. The van der Waals surface area contributed by atoms with Gasteiger partial charge >= 0.3 is 5.97 Å². The Morgan fingerprint density at radius 2 is 1.95 bits per heavy atom. The van der Waals surface area contributed by atoms with Crippen LogP contribution in [0.3, 0.4) is 0 Å². The van der Waals surface area contributed by atoms with E-state index in [4.69, 9.17) is 5.11 Å². The van der Waals surface area contributed by atoms with Crippen LogP contribution in [0, 0.1) is 0 Å². The lowest BCUT2D eigenvalue weighted by Crippen LogP contribution is -2.25. The Labute approximate surface area is 125 Å². The van der Waals surface area contributed by atoms with Crippen molar-refractivity contribution in [3.63, 3.8) is 0 Å². The van der Waals surface area contributed by atoms with E-state index in [0.717, 1.165) is 25.0 Å². The van der Waals surface area contributed by atoms with Gasteiger partial charge in [-0.15, -0.1) is 0 Å². The van der Waals surface area contributed by atoms with Gasteiger partial charge in [0.1, 0.15) is 0 Å². The van der Waals surface area contributed by atoms with Crippen LogP contribution >= 0.6 is 0 Å². The zero-order chi connectivity index (χ0) is 15.8. The van der Waals surface area contributed by atoms with Gasteiger partial charge in [-0.05, 0) is 18.8 Å². The van der Waals surface area contributed by atoms with Gasteiger partial charge in [-0.2, -0.15) is 5.10 Å². The number of hydrogen-bond donors (Lipinski definition) is 2. The number of carbonyl (C=O) groups is 2. The minimum Gasteiger partial charge on any atom is -0.481 e. The van der Waals surface area contributed by atoms with Crippen molar-refractivity contribution in [3.05, 3.63) is 17.5 Å². The molecular formula is C15H25N3O3. The van der Waals surface area contributed by atoms with Crippen LogP contribution in [0.2, 0.25) is 0 Å². The molecular weight excluding hydrogens is 270 g/mol. The molecule has 6 nitrogen and oxygen atoms in total. The second-order valence-corrected chi connectivity index (χ2v) is 5.57. The van der Waals surface area contributed by atoms with Gasteiger partial charge in [-0.1, -0.05) is 26.7 Å². The standard InChI is InChI=1S/C15H25N3O3/c1-11(2)14-12(10-18(3)17-14)15(21)16-9-7-5-4-6-8-13(19)20/h10-11H,4-9H2,1-3H3,(H,16,21)(H,19,20). The minimum absolute atomic E-state index is 0.0858. The van der Waals surface area contributed by atoms with Gasteiger partial charge in [-0.25, -0.2) is 0 Å². The van der Waals surface area contributed by atoms with Crippen molar-refractivity contribution in [2.45, 2.75) is 51.9 Å². The molecule has 0 bridgehead atoms. The van der Waals surface area contributed by atoms with Gasteiger partial charge in [-0.3, -0.25) is 14.3 Å². The molecule has 0 spiro atoms. The highest BCUT2D eigenvalue weighted by Crippen LogP contribution is 2.17. The molecule has 6 heteroatoms. The van der Waals surface area contributed by atoms with Gasteiger partial charge in [0, 0.05) is 26.2 Å². The predicted octanol–water partition coefficient (Wildman–Crippen LogP) is 2.31. The Morgan fingerprint density at radius 1 is 1.29 bits per heavy atom. The van der Waals surface area contributed by atoms with Crippen molar-refractivity contribution >= 4 is 11.9 Å². The second kappa shape index (κ2) is 8.44.